The van der Waals surface area contributed by atoms with Crippen LogP contribution in [0, 0.1) is 17.2 Å². The number of ether oxygens (including phenoxy) is 1. The number of pyridine rings is 3. The molecule has 2 atom stereocenters. The van der Waals surface area contributed by atoms with Crippen molar-refractivity contribution in [1.82, 2.24) is 14.5 Å². The molecular weight excluding hydrogens is 390 g/mol. The number of aromatic nitrogens is 3. The number of piperidine rings is 1. The standard InChI is InChI=1S/C24H27N5O2/c1-15(2)18-6-5-7-22(27-18)31-21-10-11-29(14-16(21)3)20-12-23(30)28(4)19-9-8-17(13-25)26-24(19)20/h5-9,12,15-16,21H,10-11,14H2,1-4H3. The number of nitriles is 1. The van der Waals surface area contributed by atoms with E-state index in [-0.39, 0.29) is 17.6 Å². The number of nitrogens with zero attached hydrogens (tertiary/aromatic N) is 5. The Balaban J connectivity index is 1.59. The fourth-order valence-electron chi connectivity index (χ4n) is 4.11. The minimum Gasteiger partial charge on any atom is -0.474 e. The van der Waals surface area contributed by atoms with E-state index in [0.717, 1.165) is 36.4 Å². The predicted molar refractivity (Wildman–Crippen MR) is 120 cm³/mol. The van der Waals surface area contributed by atoms with E-state index in [1.807, 2.05) is 18.2 Å². The zero-order chi connectivity index (χ0) is 22.1. The van der Waals surface area contributed by atoms with Gasteiger partial charge in [0.15, 0.2) is 0 Å². The number of hydrogen-bond donors (Lipinski definition) is 0. The average molecular weight is 418 g/mol. The molecule has 0 aromatic carbocycles. The van der Waals surface area contributed by atoms with Gasteiger partial charge < -0.3 is 14.2 Å². The fraction of sp³-hybridized carbons (Fsp3) is 0.417. The molecule has 0 radical (unpaired) electrons. The van der Waals surface area contributed by atoms with Gasteiger partial charge >= 0.3 is 0 Å². The lowest BCUT2D eigenvalue weighted by Gasteiger charge is -2.38. The van der Waals surface area contributed by atoms with Gasteiger partial charge in [-0.1, -0.05) is 26.8 Å². The lowest BCUT2D eigenvalue weighted by atomic mass is 9.95. The minimum absolute atomic E-state index is 0.0478. The van der Waals surface area contributed by atoms with Crippen LogP contribution >= 0.6 is 0 Å². The van der Waals surface area contributed by atoms with Crippen LogP contribution in [0.25, 0.3) is 11.0 Å². The van der Waals surface area contributed by atoms with Crippen LogP contribution in [0.3, 0.4) is 0 Å². The predicted octanol–water partition coefficient (Wildman–Crippen LogP) is 3.62. The van der Waals surface area contributed by atoms with Gasteiger partial charge in [-0.2, -0.15) is 5.26 Å². The highest BCUT2D eigenvalue weighted by Crippen LogP contribution is 2.30. The highest BCUT2D eigenvalue weighted by Gasteiger charge is 2.29. The Hall–Kier alpha value is -3.40. The van der Waals surface area contributed by atoms with Crippen molar-refractivity contribution < 1.29 is 4.74 Å². The normalized spacial score (nSPS) is 18.9. The molecule has 7 nitrogen and oxygen atoms in total. The van der Waals surface area contributed by atoms with Crippen molar-refractivity contribution in [2.75, 3.05) is 18.0 Å². The lowest BCUT2D eigenvalue weighted by Crippen LogP contribution is -2.45. The molecule has 0 aliphatic carbocycles. The number of anilines is 1. The molecule has 1 aliphatic heterocycles. The van der Waals surface area contributed by atoms with Gasteiger partial charge in [-0.05, 0) is 24.1 Å². The van der Waals surface area contributed by atoms with Crippen LogP contribution in [0.5, 0.6) is 5.88 Å². The number of aryl methyl sites for hydroxylation is 1. The molecule has 1 aliphatic rings. The zero-order valence-corrected chi connectivity index (χ0v) is 18.4. The summed E-state index contributed by atoms with van der Waals surface area (Å²) in [4.78, 5) is 23.9. The van der Waals surface area contributed by atoms with Crippen LogP contribution in [0.2, 0.25) is 0 Å². The van der Waals surface area contributed by atoms with E-state index in [1.54, 1.807) is 29.8 Å². The molecule has 160 valence electrons. The first-order valence-corrected chi connectivity index (χ1v) is 10.7. The zero-order valence-electron chi connectivity index (χ0n) is 18.4. The molecule has 3 aromatic heterocycles. The lowest BCUT2D eigenvalue weighted by molar-refractivity contribution is 0.116. The molecule has 0 amide bonds. The summed E-state index contributed by atoms with van der Waals surface area (Å²) in [7, 11) is 1.73. The molecule has 3 aromatic rings. The van der Waals surface area contributed by atoms with E-state index in [2.05, 4.69) is 41.7 Å². The molecule has 4 rings (SSSR count). The SMILES string of the molecule is CC(C)c1cccc(OC2CCN(c3cc(=O)n(C)c4ccc(C#N)nc34)CC2C)n1. The molecule has 31 heavy (non-hydrogen) atoms. The van der Waals surface area contributed by atoms with E-state index in [4.69, 9.17) is 4.74 Å². The van der Waals surface area contributed by atoms with Crippen LogP contribution in [-0.4, -0.2) is 33.7 Å². The Bertz CT molecular complexity index is 1210. The highest BCUT2D eigenvalue weighted by molar-refractivity contribution is 5.88. The second-order valence-corrected chi connectivity index (χ2v) is 8.53. The van der Waals surface area contributed by atoms with Crippen LogP contribution in [0.15, 0.2) is 41.2 Å². The summed E-state index contributed by atoms with van der Waals surface area (Å²) in [6, 6.07) is 13.1. The molecule has 1 saturated heterocycles. The third kappa shape index (κ3) is 4.11. The molecule has 4 heterocycles. The Morgan fingerprint density at radius 1 is 1.23 bits per heavy atom. The Morgan fingerprint density at radius 3 is 2.74 bits per heavy atom. The molecule has 0 bridgehead atoms. The van der Waals surface area contributed by atoms with Gasteiger partial charge in [0.05, 0.1) is 11.2 Å². The third-order valence-electron chi connectivity index (χ3n) is 5.96. The smallest absolute Gasteiger partial charge is 0.252 e. The van der Waals surface area contributed by atoms with Crippen molar-refractivity contribution in [3.8, 4) is 11.9 Å². The highest BCUT2D eigenvalue weighted by atomic mass is 16.5. The second kappa shape index (κ2) is 8.38. The summed E-state index contributed by atoms with van der Waals surface area (Å²) in [5.74, 6) is 1.25. The largest absolute Gasteiger partial charge is 0.474 e. The summed E-state index contributed by atoms with van der Waals surface area (Å²) in [6.07, 6.45) is 0.857. The summed E-state index contributed by atoms with van der Waals surface area (Å²) in [5, 5.41) is 9.28. The van der Waals surface area contributed by atoms with E-state index < -0.39 is 0 Å². The van der Waals surface area contributed by atoms with Crippen molar-refractivity contribution in [1.29, 1.82) is 5.26 Å². The van der Waals surface area contributed by atoms with E-state index in [0.29, 0.717) is 23.0 Å². The molecule has 7 heteroatoms. The van der Waals surface area contributed by atoms with Gasteiger partial charge in [0.1, 0.15) is 23.4 Å². The molecule has 1 fully saturated rings. The van der Waals surface area contributed by atoms with Gasteiger partial charge in [-0.25, -0.2) is 9.97 Å². The number of rotatable bonds is 4. The van der Waals surface area contributed by atoms with Crippen molar-refractivity contribution in [2.24, 2.45) is 13.0 Å². The summed E-state index contributed by atoms with van der Waals surface area (Å²) < 4.78 is 7.82. The van der Waals surface area contributed by atoms with E-state index in [1.165, 1.54) is 0 Å². The maximum Gasteiger partial charge on any atom is 0.252 e. The number of fused-ring (bicyclic) bond motifs is 1. The molecular formula is C24H27N5O2. The van der Waals surface area contributed by atoms with Crippen molar-refractivity contribution in [3.63, 3.8) is 0 Å². The Labute approximate surface area is 181 Å². The van der Waals surface area contributed by atoms with Gasteiger partial charge in [0, 0.05) is 50.3 Å². The topological polar surface area (TPSA) is 84.0 Å². The summed E-state index contributed by atoms with van der Waals surface area (Å²) in [6.45, 7) is 7.86. The Kier molecular flexibility index (Phi) is 5.64. The quantitative estimate of drug-likeness (QED) is 0.645. The average Bonchev–Trinajstić information content (AvgIpc) is 2.77. The summed E-state index contributed by atoms with van der Waals surface area (Å²) in [5.41, 5.74) is 3.46. The maximum absolute atomic E-state index is 12.5. The molecule has 0 spiro atoms. The monoisotopic (exact) mass is 417 g/mol. The number of hydrogen-bond acceptors (Lipinski definition) is 6. The van der Waals surface area contributed by atoms with Gasteiger partial charge in [-0.15, -0.1) is 0 Å². The van der Waals surface area contributed by atoms with Gasteiger partial charge in [-0.3, -0.25) is 4.79 Å². The van der Waals surface area contributed by atoms with Crippen LogP contribution in [-0.2, 0) is 7.05 Å². The maximum atomic E-state index is 12.5. The third-order valence-corrected chi connectivity index (χ3v) is 5.96. The summed E-state index contributed by atoms with van der Waals surface area (Å²) >= 11 is 0. The van der Waals surface area contributed by atoms with Gasteiger partial charge in [0.2, 0.25) is 5.88 Å². The molecule has 2 unspecified atom stereocenters. The van der Waals surface area contributed by atoms with Crippen LogP contribution in [0.1, 0.15) is 44.5 Å². The second-order valence-electron chi connectivity index (χ2n) is 8.53. The fourth-order valence-corrected chi connectivity index (χ4v) is 4.11. The van der Waals surface area contributed by atoms with E-state index >= 15 is 0 Å². The van der Waals surface area contributed by atoms with Crippen molar-refractivity contribution >= 4 is 16.7 Å². The van der Waals surface area contributed by atoms with Gasteiger partial charge in [0.25, 0.3) is 5.56 Å². The first kappa shape index (κ1) is 20.9. The van der Waals surface area contributed by atoms with Crippen molar-refractivity contribution in [3.05, 3.63) is 58.1 Å². The van der Waals surface area contributed by atoms with Crippen LogP contribution in [0.4, 0.5) is 5.69 Å². The van der Waals surface area contributed by atoms with Crippen molar-refractivity contribution in [2.45, 2.75) is 39.2 Å². The molecule has 0 saturated carbocycles. The van der Waals surface area contributed by atoms with Crippen LogP contribution < -0.4 is 15.2 Å². The first-order chi connectivity index (χ1) is 14.9. The van der Waals surface area contributed by atoms with E-state index in [9.17, 15) is 10.1 Å². The first-order valence-electron chi connectivity index (χ1n) is 10.7. The Morgan fingerprint density at radius 2 is 2.03 bits per heavy atom. The molecule has 0 N–H and O–H groups in total. The minimum atomic E-state index is -0.0882.